The van der Waals surface area contributed by atoms with Crippen LogP contribution in [0.4, 0.5) is 11.4 Å². The Bertz CT molecular complexity index is 1680. The van der Waals surface area contributed by atoms with Gasteiger partial charge in [0, 0.05) is 49.6 Å². The molecule has 0 aliphatic carbocycles. The van der Waals surface area contributed by atoms with Gasteiger partial charge in [0.15, 0.2) is 5.76 Å². The number of nitrogen functional groups attached to an aromatic ring is 1. The molecular formula is C34H36N4O6. The lowest BCUT2D eigenvalue weighted by Crippen LogP contribution is -2.32. The van der Waals surface area contributed by atoms with Crippen molar-refractivity contribution in [3.8, 4) is 0 Å². The van der Waals surface area contributed by atoms with Gasteiger partial charge in [-0.05, 0) is 60.4 Å². The zero-order chi connectivity index (χ0) is 31.1. The molecule has 10 heteroatoms. The molecule has 0 saturated heterocycles. The number of hydrogen-bond acceptors (Lipinski definition) is 7. The first-order valence-corrected chi connectivity index (χ1v) is 14.6. The molecule has 44 heavy (non-hydrogen) atoms. The summed E-state index contributed by atoms with van der Waals surface area (Å²) in [5.74, 6) is -0.915. The van der Waals surface area contributed by atoms with Gasteiger partial charge < -0.3 is 30.9 Å². The number of nitrogens with two attached hydrogens (primary N) is 1. The summed E-state index contributed by atoms with van der Waals surface area (Å²) in [4.78, 5) is 38.3. The molecule has 2 heterocycles. The van der Waals surface area contributed by atoms with Crippen LogP contribution in [0.3, 0.4) is 0 Å². The number of para-hydroxylation sites is 3. The highest BCUT2D eigenvalue weighted by Crippen LogP contribution is 2.36. The predicted molar refractivity (Wildman–Crippen MR) is 168 cm³/mol. The number of hydrogen-bond donors (Lipinski definition) is 4. The molecule has 2 amide bonds. The molecule has 10 nitrogen and oxygen atoms in total. The fourth-order valence-electron chi connectivity index (χ4n) is 5.17. The van der Waals surface area contributed by atoms with Crippen LogP contribution in [0, 0.1) is 0 Å². The van der Waals surface area contributed by atoms with E-state index in [1.807, 2.05) is 30.5 Å². The predicted octanol–water partition coefficient (Wildman–Crippen LogP) is 4.96. The molecule has 5 N–H and O–H groups in total. The number of carbonyl (C=O) groups excluding carboxylic acids is 3. The largest absolute Gasteiger partial charge is 0.459 e. The van der Waals surface area contributed by atoms with Crippen molar-refractivity contribution in [3.05, 3.63) is 108 Å². The smallest absolute Gasteiger partial charge is 0.286 e. The van der Waals surface area contributed by atoms with Gasteiger partial charge in [0.2, 0.25) is 12.2 Å². The summed E-state index contributed by atoms with van der Waals surface area (Å²) < 4.78 is 13.6. The van der Waals surface area contributed by atoms with Gasteiger partial charge in [-0.2, -0.15) is 0 Å². The first-order valence-electron chi connectivity index (χ1n) is 14.6. The Hall–Kier alpha value is -4.93. The monoisotopic (exact) mass is 596 g/mol. The maximum atomic E-state index is 13.3. The fourth-order valence-corrected chi connectivity index (χ4v) is 5.17. The third-order valence-electron chi connectivity index (χ3n) is 7.50. The molecule has 1 aliphatic rings. The molecule has 0 spiro atoms. The second-order valence-corrected chi connectivity index (χ2v) is 10.6. The first kappa shape index (κ1) is 30.5. The Morgan fingerprint density at radius 2 is 1.75 bits per heavy atom. The van der Waals surface area contributed by atoms with Gasteiger partial charge in [-0.1, -0.05) is 42.5 Å². The summed E-state index contributed by atoms with van der Waals surface area (Å²) in [7, 11) is 0. The number of nitrogens with zero attached hydrogens (tertiary/aromatic N) is 1. The van der Waals surface area contributed by atoms with Gasteiger partial charge in [0.25, 0.3) is 11.8 Å². The summed E-state index contributed by atoms with van der Waals surface area (Å²) in [6.07, 6.45) is 4.63. The average molecular weight is 597 g/mol. The topological polar surface area (TPSA) is 145 Å². The normalized spacial score (nSPS) is 16.2. The van der Waals surface area contributed by atoms with Crippen molar-refractivity contribution in [1.82, 2.24) is 9.88 Å². The number of unbranched alkanes of at least 4 members (excludes halogenated alkanes) is 1. The zero-order valence-electron chi connectivity index (χ0n) is 24.5. The summed E-state index contributed by atoms with van der Waals surface area (Å²) in [6.45, 7) is 2.17. The van der Waals surface area contributed by atoms with Crippen LogP contribution in [0.25, 0.3) is 10.9 Å². The van der Waals surface area contributed by atoms with E-state index in [4.69, 9.17) is 20.3 Å². The third-order valence-corrected chi connectivity index (χ3v) is 7.50. The number of rotatable bonds is 11. The van der Waals surface area contributed by atoms with Crippen molar-refractivity contribution >= 4 is 40.0 Å². The van der Waals surface area contributed by atoms with Gasteiger partial charge >= 0.3 is 0 Å². The van der Waals surface area contributed by atoms with Crippen LogP contribution >= 0.6 is 0 Å². The summed E-state index contributed by atoms with van der Waals surface area (Å²) in [5.41, 5.74) is 9.88. The summed E-state index contributed by atoms with van der Waals surface area (Å²) in [5, 5.41) is 15.7. The molecule has 1 aromatic heterocycles. The lowest BCUT2D eigenvalue weighted by Gasteiger charge is -2.29. The molecule has 0 saturated carbocycles. The number of fused-ring (bicyclic) bond motifs is 1. The second kappa shape index (κ2) is 14.0. The van der Waals surface area contributed by atoms with E-state index in [-0.39, 0.29) is 36.6 Å². The van der Waals surface area contributed by atoms with E-state index in [1.54, 1.807) is 59.2 Å². The van der Waals surface area contributed by atoms with E-state index in [9.17, 15) is 14.4 Å². The number of aliphatic hydroxyl groups excluding tert-OH is 1. The van der Waals surface area contributed by atoms with E-state index in [0.717, 1.165) is 22.0 Å². The Morgan fingerprint density at radius 3 is 2.50 bits per heavy atom. The summed E-state index contributed by atoms with van der Waals surface area (Å²) in [6, 6.07) is 21.6. The number of ether oxygens (including phenoxy) is 2. The number of amides is 2. The minimum Gasteiger partial charge on any atom is -0.459 e. The van der Waals surface area contributed by atoms with Crippen molar-refractivity contribution in [2.24, 2.45) is 0 Å². The number of anilines is 2. The van der Waals surface area contributed by atoms with Crippen LogP contribution in [-0.4, -0.2) is 46.9 Å². The standard InChI is InChI=1S/C34H36N4O6/c1-22(40)38-21-27(26-8-2-5-11-30(26)38)25-18-31(44-32(19-25)43-17-7-6-16-39)34(42)36-20-23-12-14-24(15-13-23)33(41)37-29-10-4-3-9-28(29)35/h2-5,8-15,18,21,25,32,39H,6-7,16-17,19-20,35H2,1H3,(H,36,42)(H,37,41)/t25-,32+/m0/s1. The highest BCUT2D eigenvalue weighted by molar-refractivity contribution is 6.05. The van der Waals surface area contributed by atoms with E-state index < -0.39 is 12.2 Å². The molecule has 2 atom stereocenters. The third kappa shape index (κ3) is 7.16. The number of aromatic nitrogens is 1. The maximum absolute atomic E-state index is 13.3. The number of carbonyl (C=O) groups is 3. The summed E-state index contributed by atoms with van der Waals surface area (Å²) >= 11 is 0. The first-order chi connectivity index (χ1) is 21.3. The van der Waals surface area contributed by atoms with Crippen LogP contribution in [0.2, 0.25) is 0 Å². The van der Waals surface area contributed by atoms with Crippen molar-refractivity contribution in [1.29, 1.82) is 0 Å². The maximum Gasteiger partial charge on any atom is 0.286 e. The van der Waals surface area contributed by atoms with Crippen molar-refractivity contribution < 1.29 is 29.0 Å². The minimum absolute atomic E-state index is 0.0723. The van der Waals surface area contributed by atoms with Crippen LogP contribution in [0.1, 0.15) is 58.4 Å². The van der Waals surface area contributed by atoms with E-state index >= 15 is 0 Å². The highest BCUT2D eigenvalue weighted by atomic mass is 16.7. The molecule has 4 aromatic rings. The van der Waals surface area contributed by atoms with Crippen LogP contribution in [0.15, 0.2) is 90.8 Å². The Labute approximate surface area is 255 Å². The second-order valence-electron chi connectivity index (χ2n) is 10.6. The number of nitrogens with one attached hydrogen (secondary N) is 2. The van der Waals surface area contributed by atoms with Gasteiger partial charge in [-0.15, -0.1) is 0 Å². The molecule has 1 aliphatic heterocycles. The van der Waals surface area contributed by atoms with Crippen LogP contribution in [-0.2, 0) is 20.8 Å². The van der Waals surface area contributed by atoms with E-state index in [1.165, 1.54) is 6.92 Å². The zero-order valence-corrected chi connectivity index (χ0v) is 24.5. The average Bonchev–Trinajstić information content (AvgIpc) is 3.43. The van der Waals surface area contributed by atoms with Gasteiger partial charge in [-0.25, -0.2) is 0 Å². The van der Waals surface area contributed by atoms with E-state index in [0.29, 0.717) is 42.8 Å². The lowest BCUT2D eigenvalue weighted by molar-refractivity contribution is -0.146. The van der Waals surface area contributed by atoms with Crippen LogP contribution < -0.4 is 16.4 Å². The number of allylic oxidation sites excluding steroid dienone is 1. The Morgan fingerprint density at radius 1 is 1.00 bits per heavy atom. The molecule has 3 aromatic carbocycles. The molecule has 0 unspecified atom stereocenters. The SMILES string of the molecule is CC(=O)n1cc([C@H]2C=C(C(=O)NCc3ccc(C(=O)Nc4ccccc4N)cc3)O[C@@H](OCCCCO)C2)c2ccccc21. The van der Waals surface area contributed by atoms with Crippen molar-refractivity contribution in [2.45, 2.75) is 44.9 Å². The van der Waals surface area contributed by atoms with Gasteiger partial charge in [0.05, 0.1) is 23.5 Å². The Kier molecular flexibility index (Phi) is 9.73. The van der Waals surface area contributed by atoms with Crippen molar-refractivity contribution in [2.75, 3.05) is 24.3 Å². The van der Waals surface area contributed by atoms with Gasteiger partial charge in [0.1, 0.15) is 0 Å². The minimum atomic E-state index is -0.680. The highest BCUT2D eigenvalue weighted by Gasteiger charge is 2.30. The van der Waals surface area contributed by atoms with E-state index in [2.05, 4.69) is 10.6 Å². The number of benzene rings is 3. The molecule has 5 rings (SSSR count). The van der Waals surface area contributed by atoms with Crippen molar-refractivity contribution in [3.63, 3.8) is 0 Å². The quantitative estimate of drug-likeness (QED) is 0.142. The number of aliphatic hydroxyl groups is 1. The lowest BCUT2D eigenvalue weighted by atomic mass is 9.92. The molecule has 0 bridgehead atoms. The molecule has 228 valence electrons. The Balaban J connectivity index is 1.29. The molecule has 0 fully saturated rings. The molecule has 0 radical (unpaired) electrons. The van der Waals surface area contributed by atoms with Crippen LogP contribution in [0.5, 0.6) is 0 Å². The van der Waals surface area contributed by atoms with Gasteiger partial charge in [-0.3, -0.25) is 19.0 Å². The molecular weight excluding hydrogens is 560 g/mol. The fraction of sp³-hybridized carbons (Fsp3) is 0.265.